The van der Waals surface area contributed by atoms with Crippen LogP contribution < -0.4 is 15.4 Å². The van der Waals surface area contributed by atoms with Gasteiger partial charge >= 0.3 is 6.36 Å². The monoisotopic (exact) mass is 433 g/mol. The minimum absolute atomic E-state index is 0.0535. The SMILES string of the molecule is O=C(Nc1ccc(OC(F)(F)F)cc1)c1cnc(NCCCO)c(Br)c1. The summed E-state index contributed by atoms with van der Waals surface area (Å²) in [5.74, 6) is -0.313. The summed E-state index contributed by atoms with van der Waals surface area (Å²) in [5.41, 5.74) is 0.575. The average molecular weight is 434 g/mol. The standard InChI is InChI=1S/C16H15BrF3N3O3/c17-13-8-10(9-22-14(13)21-6-1-7-24)15(25)23-11-2-4-12(5-3-11)26-16(18,19)20/h2-5,8-9,24H,1,6-7H2,(H,21,22)(H,23,25). The highest BCUT2D eigenvalue weighted by Gasteiger charge is 2.30. The molecule has 2 rings (SSSR count). The van der Waals surface area contributed by atoms with Gasteiger partial charge in [-0.25, -0.2) is 4.98 Å². The van der Waals surface area contributed by atoms with Crippen LogP contribution in [-0.4, -0.2) is 35.5 Å². The van der Waals surface area contributed by atoms with Crippen LogP contribution in [0.1, 0.15) is 16.8 Å². The highest BCUT2D eigenvalue weighted by atomic mass is 79.9. The van der Waals surface area contributed by atoms with Crippen molar-refractivity contribution < 1.29 is 27.8 Å². The third kappa shape index (κ3) is 6.19. The molecule has 0 saturated carbocycles. The molecule has 0 aliphatic rings. The maximum Gasteiger partial charge on any atom is 0.573 e. The first-order valence-electron chi connectivity index (χ1n) is 7.46. The maximum absolute atomic E-state index is 12.2. The Balaban J connectivity index is 2.00. The third-order valence-corrected chi connectivity index (χ3v) is 3.68. The fraction of sp³-hybridized carbons (Fsp3) is 0.250. The normalized spacial score (nSPS) is 11.1. The van der Waals surface area contributed by atoms with Crippen molar-refractivity contribution in [2.75, 3.05) is 23.8 Å². The van der Waals surface area contributed by atoms with Crippen LogP contribution in [0.15, 0.2) is 41.0 Å². The van der Waals surface area contributed by atoms with Crippen molar-refractivity contribution in [2.45, 2.75) is 12.8 Å². The number of rotatable bonds is 7. The number of aromatic nitrogens is 1. The number of amides is 1. The number of nitrogens with one attached hydrogen (secondary N) is 2. The van der Waals surface area contributed by atoms with Gasteiger partial charge in [0, 0.05) is 25.0 Å². The second-order valence-corrected chi connectivity index (χ2v) is 5.94. The second kappa shape index (κ2) is 8.86. The zero-order valence-electron chi connectivity index (χ0n) is 13.3. The Bertz CT molecular complexity index is 755. The van der Waals surface area contributed by atoms with E-state index >= 15 is 0 Å². The molecule has 1 amide bonds. The van der Waals surface area contributed by atoms with Crippen LogP contribution in [0.25, 0.3) is 0 Å². The van der Waals surface area contributed by atoms with Crippen molar-refractivity contribution >= 4 is 33.3 Å². The first kappa shape index (κ1) is 20.0. The fourth-order valence-corrected chi connectivity index (χ4v) is 2.41. The van der Waals surface area contributed by atoms with Gasteiger partial charge in [-0.3, -0.25) is 4.79 Å². The summed E-state index contributed by atoms with van der Waals surface area (Å²) in [6.45, 7) is 0.581. The lowest BCUT2D eigenvalue weighted by Gasteiger charge is -2.11. The molecule has 0 fully saturated rings. The molecule has 140 valence electrons. The molecular formula is C16H15BrF3N3O3. The number of hydrogen-bond donors (Lipinski definition) is 3. The van der Waals surface area contributed by atoms with E-state index in [2.05, 4.69) is 36.3 Å². The number of pyridine rings is 1. The second-order valence-electron chi connectivity index (χ2n) is 5.08. The third-order valence-electron chi connectivity index (χ3n) is 3.08. The topological polar surface area (TPSA) is 83.5 Å². The van der Waals surface area contributed by atoms with Crippen LogP contribution in [0.4, 0.5) is 24.7 Å². The lowest BCUT2D eigenvalue weighted by molar-refractivity contribution is -0.274. The van der Waals surface area contributed by atoms with Gasteiger partial charge in [0.1, 0.15) is 11.6 Å². The minimum Gasteiger partial charge on any atom is -0.406 e. The Morgan fingerprint density at radius 1 is 1.27 bits per heavy atom. The largest absolute Gasteiger partial charge is 0.573 e. The van der Waals surface area contributed by atoms with Crippen LogP contribution in [0, 0.1) is 0 Å². The van der Waals surface area contributed by atoms with Gasteiger partial charge in [0.25, 0.3) is 5.91 Å². The molecule has 0 unspecified atom stereocenters. The molecule has 0 saturated heterocycles. The summed E-state index contributed by atoms with van der Waals surface area (Å²) < 4.78 is 40.7. The van der Waals surface area contributed by atoms with E-state index in [1.165, 1.54) is 18.3 Å². The summed E-state index contributed by atoms with van der Waals surface area (Å²) in [5, 5.41) is 14.3. The molecular weight excluding hydrogens is 419 g/mol. The molecule has 0 spiro atoms. The van der Waals surface area contributed by atoms with E-state index in [1.807, 2.05) is 0 Å². The number of ether oxygens (including phenoxy) is 1. The Labute approximate surface area is 155 Å². The fourth-order valence-electron chi connectivity index (χ4n) is 1.92. The summed E-state index contributed by atoms with van der Waals surface area (Å²) in [7, 11) is 0. The molecule has 26 heavy (non-hydrogen) atoms. The highest BCUT2D eigenvalue weighted by molar-refractivity contribution is 9.10. The van der Waals surface area contributed by atoms with Gasteiger partial charge in [0.05, 0.1) is 10.0 Å². The molecule has 0 radical (unpaired) electrons. The lowest BCUT2D eigenvalue weighted by Crippen LogP contribution is -2.17. The highest BCUT2D eigenvalue weighted by Crippen LogP contribution is 2.25. The minimum atomic E-state index is -4.77. The van der Waals surface area contributed by atoms with E-state index in [1.54, 1.807) is 6.07 Å². The van der Waals surface area contributed by atoms with Crippen molar-refractivity contribution in [3.05, 3.63) is 46.6 Å². The molecule has 0 aliphatic carbocycles. The van der Waals surface area contributed by atoms with Crippen molar-refractivity contribution in [2.24, 2.45) is 0 Å². The molecule has 0 atom stereocenters. The van der Waals surface area contributed by atoms with E-state index in [0.717, 1.165) is 12.1 Å². The van der Waals surface area contributed by atoms with Crippen LogP contribution in [-0.2, 0) is 0 Å². The summed E-state index contributed by atoms with van der Waals surface area (Å²) in [6, 6.07) is 6.36. The zero-order chi connectivity index (χ0) is 19.2. The van der Waals surface area contributed by atoms with Crippen molar-refractivity contribution in [1.29, 1.82) is 0 Å². The summed E-state index contributed by atoms with van der Waals surface area (Å²) in [6.07, 6.45) is -2.84. The average Bonchev–Trinajstić information content (AvgIpc) is 2.57. The van der Waals surface area contributed by atoms with Gasteiger partial charge in [0.2, 0.25) is 0 Å². The molecule has 1 aromatic heterocycles. The number of anilines is 2. The van der Waals surface area contributed by atoms with E-state index in [9.17, 15) is 18.0 Å². The number of halogens is 4. The van der Waals surface area contributed by atoms with Crippen molar-refractivity contribution in [3.8, 4) is 5.75 Å². The Morgan fingerprint density at radius 2 is 1.96 bits per heavy atom. The van der Waals surface area contributed by atoms with Gasteiger partial charge < -0.3 is 20.5 Å². The van der Waals surface area contributed by atoms with E-state index < -0.39 is 12.3 Å². The number of carbonyl (C=O) groups excluding carboxylic acids is 1. The van der Waals surface area contributed by atoms with E-state index in [-0.39, 0.29) is 17.9 Å². The molecule has 1 heterocycles. The number of benzene rings is 1. The molecule has 10 heteroatoms. The van der Waals surface area contributed by atoms with Gasteiger partial charge in [-0.1, -0.05) is 0 Å². The molecule has 3 N–H and O–H groups in total. The lowest BCUT2D eigenvalue weighted by atomic mass is 10.2. The maximum atomic E-state index is 12.2. The Hall–Kier alpha value is -2.33. The smallest absolute Gasteiger partial charge is 0.406 e. The quantitative estimate of drug-likeness (QED) is 0.578. The Morgan fingerprint density at radius 3 is 2.54 bits per heavy atom. The van der Waals surface area contributed by atoms with E-state index in [0.29, 0.717) is 28.9 Å². The van der Waals surface area contributed by atoms with E-state index in [4.69, 9.17) is 5.11 Å². The molecule has 0 bridgehead atoms. The van der Waals surface area contributed by atoms with Crippen LogP contribution >= 0.6 is 15.9 Å². The molecule has 0 aliphatic heterocycles. The first-order chi connectivity index (χ1) is 12.3. The number of alkyl halides is 3. The summed E-state index contributed by atoms with van der Waals surface area (Å²) in [4.78, 5) is 16.3. The molecule has 2 aromatic rings. The van der Waals surface area contributed by atoms with Crippen LogP contribution in [0.5, 0.6) is 5.75 Å². The number of aliphatic hydroxyl groups excluding tert-OH is 1. The van der Waals surface area contributed by atoms with Gasteiger partial charge in [-0.15, -0.1) is 13.2 Å². The molecule has 6 nitrogen and oxygen atoms in total. The van der Waals surface area contributed by atoms with Crippen LogP contribution in [0.3, 0.4) is 0 Å². The predicted octanol–water partition coefficient (Wildman–Crippen LogP) is 3.79. The number of hydrogen-bond acceptors (Lipinski definition) is 5. The van der Waals surface area contributed by atoms with Crippen molar-refractivity contribution in [3.63, 3.8) is 0 Å². The Kier molecular flexibility index (Phi) is 6.81. The predicted molar refractivity (Wildman–Crippen MR) is 93.2 cm³/mol. The van der Waals surface area contributed by atoms with Gasteiger partial charge in [-0.05, 0) is 52.7 Å². The van der Waals surface area contributed by atoms with Crippen molar-refractivity contribution in [1.82, 2.24) is 4.98 Å². The zero-order valence-corrected chi connectivity index (χ0v) is 14.9. The number of nitrogens with zero attached hydrogens (tertiary/aromatic N) is 1. The number of aliphatic hydroxyl groups is 1. The van der Waals surface area contributed by atoms with Gasteiger partial charge in [-0.2, -0.15) is 0 Å². The first-order valence-corrected chi connectivity index (χ1v) is 8.25. The van der Waals surface area contributed by atoms with Crippen LogP contribution in [0.2, 0.25) is 0 Å². The number of carbonyl (C=O) groups is 1. The summed E-state index contributed by atoms with van der Waals surface area (Å²) >= 11 is 3.30. The van der Waals surface area contributed by atoms with Gasteiger partial charge in [0.15, 0.2) is 0 Å². The molecule has 1 aromatic carbocycles.